The lowest BCUT2D eigenvalue weighted by Crippen LogP contribution is -2.26. The first-order valence-electron chi connectivity index (χ1n) is 5.72. The Morgan fingerprint density at radius 3 is 2.73 bits per heavy atom. The lowest BCUT2D eigenvalue weighted by Gasteiger charge is -2.26. The highest BCUT2D eigenvalue weighted by Gasteiger charge is 2.24. The maximum absolute atomic E-state index is 9.16. The fourth-order valence-corrected chi connectivity index (χ4v) is 3.48. The molecule has 1 aliphatic rings. The van der Waals surface area contributed by atoms with Crippen molar-refractivity contribution in [1.29, 1.82) is 0 Å². The molecule has 1 atom stereocenters. The molecule has 1 fully saturated rings. The summed E-state index contributed by atoms with van der Waals surface area (Å²) in [5, 5.41) is 11.3. The van der Waals surface area contributed by atoms with Crippen LogP contribution in [0, 0.1) is 6.92 Å². The van der Waals surface area contributed by atoms with Crippen molar-refractivity contribution >= 4 is 11.3 Å². The summed E-state index contributed by atoms with van der Waals surface area (Å²) in [5.74, 6) is 0. The second-order valence-corrected chi connectivity index (χ2v) is 5.19. The predicted octanol–water partition coefficient (Wildman–Crippen LogP) is 2.58. The Morgan fingerprint density at radius 2 is 2.20 bits per heavy atom. The molecular formula is C12H19NOS. The predicted molar refractivity (Wildman–Crippen MR) is 64.3 cm³/mol. The SMILES string of the molecule is Cc1ccsc1C(CCO)N1CCCC1. The van der Waals surface area contributed by atoms with Crippen LogP contribution in [0.2, 0.25) is 0 Å². The zero-order valence-electron chi connectivity index (χ0n) is 9.28. The molecule has 1 aromatic heterocycles. The van der Waals surface area contributed by atoms with Gasteiger partial charge < -0.3 is 5.11 Å². The first-order valence-corrected chi connectivity index (χ1v) is 6.60. The minimum absolute atomic E-state index is 0.290. The molecule has 0 bridgehead atoms. The van der Waals surface area contributed by atoms with Crippen molar-refractivity contribution in [2.45, 2.75) is 32.2 Å². The van der Waals surface area contributed by atoms with Gasteiger partial charge in [0.1, 0.15) is 0 Å². The number of hydrogen-bond acceptors (Lipinski definition) is 3. The second kappa shape index (κ2) is 5.10. The van der Waals surface area contributed by atoms with Gasteiger partial charge in [-0.15, -0.1) is 11.3 Å². The van der Waals surface area contributed by atoms with Gasteiger partial charge in [0, 0.05) is 17.5 Å². The van der Waals surface area contributed by atoms with Crippen LogP contribution in [0.25, 0.3) is 0 Å². The van der Waals surface area contributed by atoms with Crippen molar-refractivity contribution in [2.24, 2.45) is 0 Å². The topological polar surface area (TPSA) is 23.5 Å². The fraction of sp³-hybridized carbons (Fsp3) is 0.667. The van der Waals surface area contributed by atoms with Crippen molar-refractivity contribution < 1.29 is 5.11 Å². The third kappa shape index (κ3) is 2.41. The van der Waals surface area contributed by atoms with Crippen LogP contribution < -0.4 is 0 Å². The number of thiophene rings is 1. The summed E-state index contributed by atoms with van der Waals surface area (Å²) in [6, 6.07) is 2.64. The molecule has 84 valence electrons. The summed E-state index contributed by atoms with van der Waals surface area (Å²) in [7, 11) is 0. The van der Waals surface area contributed by atoms with Crippen LogP contribution in [-0.2, 0) is 0 Å². The first-order chi connectivity index (χ1) is 7.33. The number of rotatable bonds is 4. The highest BCUT2D eigenvalue weighted by atomic mass is 32.1. The van der Waals surface area contributed by atoms with Crippen LogP contribution in [0.5, 0.6) is 0 Å². The molecular weight excluding hydrogens is 206 g/mol. The molecule has 1 saturated heterocycles. The van der Waals surface area contributed by atoms with E-state index in [9.17, 15) is 0 Å². The van der Waals surface area contributed by atoms with Crippen LogP contribution in [0.15, 0.2) is 11.4 Å². The van der Waals surface area contributed by atoms with E-state index in [1.807, 2.05) is 11.3 Å². The van der Waals surface area contributed by atoms with E-state index in [4.69, 9.17) is 5.11 Å². The molecule has 0 saturated carbocycles. The van der Waals surface area contributed by atoms with Crippen molar-refractivity contribution in [3.8, 4) is 0 Å². The molecule has 1 aliphatic heterocycles. The molecule has 1 aromatic rings. The highest BCUT2D eigenvalue weighted by molar-refractivity contribution is 7.10. The van der Waals surface area contributed by atoms with Gasteiger partial charge in [-0.2, -0.15) is 0 Å². The van der Waals surface area contributed by atoms with Gasteiger partial charge >= 0.3 is 0 Å². The van der Waals surface area contributed by atoms with E-state index < -0.39 is 0 Å². The molecule has 0 aliphatic carbocycles. The summed E-state index contributed by atoms with van der Waals surface area (Å²) >= 11 is 1.83. The fourth-order valence-electron chi connectivity index (χ4n) is 2.38. The molecule has 15 heavy (non-hydrogen) atoms. The number of aliphatic hydroxyl groups is 1. The first kappa shape index (κ1) is 11.1. The normalized spacial score (nSPS) is 19.6. The van der Waals surface area contributed by atoms with Crippen LogP contribution >= 0.6 is 11.3 Å². The number of nitrogens with zero attached hydrogens (tertiary/aromatic N) is 1. The number of likely N-dealkylation sites (tertiary alicyclic amines) is 1. The van der Waals surface area contributed by atoms with Gasteiger partial charge in [-0.1, -0.05) is 0 Å². The molecule has 1 N–H and O–H groups in total. The maximum atomic E-state index is 9.16. The Hall–Kier alpha value is -0.380. The number of aliphatic hydroxyl groups excluding tert-OH is 1. The van der Waals surface area contributed by atoms with Crippen LogP contribution in [0.4, 0.5) is 0 Å². The summed E-state index contributed by atoms with van der Waals surface area (Å²) in [5.41, 5.74) is 1.38. The minimum Gasteiger partial charge on any atom is -0.396 e. The largest absolute Gasteiger partial charge is 0.396 e. The van der Waals surface area contributed by atoms with Crippen LogP contribution in [-0.4, -0.2) is 29.7 Å². The van der Waals surface area contributed by atoms with E-state index in [1.165, 1.54) is 36.4 Å². The zero-order chi connectivity index (χ0) is 10.7. The van der Waals surface area contributed by atoms with Crippen molar-refractivity contribution in [3.05, 3.63) is 21.9 Å². The van der Waals surface area contributed by atoms with E-state index in [-0.39, 0.29) is 0 Å². The molecule has 2 nitrogen and oxygen atoms in total. The van der Waals surface area contributed by atoms with E-state index in [1.54, 1.807) is 0 Å². The van der Waals surface area contributed by atoms with Gasteiger partial charge in [-0.05, 0) is 56.3 Å². The lowest BCUT2D eigenvalue weighted by atomic mass is 10.1. The van der Waals surface area contributed by atoms with E-state index in [0.29, 0.717) is 12.6 Å². The van der Waals surface area contributed by atoms with E-state index in [2.05, 4.69) is 23.3 Å². The summed E-state index contributed by atoms with van der Waals surface area (Å²) < 4.78 is 0. The molecule has 3 heteroatoms. The quantitative estimate of drug-likeness (QED) is 0.851. The number of hydrogen-bond donors (Lipinski definition) is 1. The molecule has 2 heterocycles. The van der Waals surface area contributed by atoms with Crippen LogP contribution in [0.1, 0.15) is 35.7 Å². The minimum atomic E-state index is 0.290. The zero-order valence-corrected chi connectivity index (χ0v) is 10.1. The van der Waals surface area contributed by atoms with Gasteiger partial charge in [-0.25, -0.2) is 0 Å². The molecule has 1 unspecified atom stereocenters. The van der Waals surface area contributed by atoms with Crippen molar-refractivity contribution in [3.63, 3.8) is 0 Å². The average Bonchev–Trinajstić information content (AvgIpc) is 2.85. The molecule has 0 radical (unpaired) electrons. The van der Waals surface area contributed by atoms with Gasteiger partial charge in [0.25, 0.3) is 0 Å². The molecule has 0 amide bonds. The Bertz CT molecular complexity index is 304. The molecule has 0 aromatic carbocycles. The third-order valence-electron chi connectivity index (χ3n) is 3.19. The van der Waals surface area contributed by atoms with Gasteiger partial charge in [-0.3, -0.25) is 4.90 Å². The Labute approximate surface area is 95.5 Å². The Kier molecular flexibility index (Phi) is 3.78. The van der Waals surface area contributed by atoms with E-state index >= 15 is 0 Å². The highest BCUT2D eigenvalue weighted by Crippen LogP contribution is 2.33. The summed E-state index contributed by atoms with van der Waals surface area (Å²) in [6.07, 6.45) is 3.50. The molecule has 2 rings (SSSR count). The third-order valence-corrected chi connectivity index (χ3v) is 4.31. The Morgan fingerprint density at radius 1 is 1.47 bits per heavy atom. The van der Waals surface area contributed by atoms with Gasteiger partial charge in [0.15, 0.2) is 0 Å². The molecule has 0 spiro atoms. The standard InChI is InChI=1S/C12H19NOS/c1-10-5-9-15-12(10)11(4-8-14)13-6-2-3-7-13/h5,9,11,14H,2-4,6-8H2,1H3. The monoisotopic (exact) mass is 225 g/mol. The summed E-state index contributed by atoms with van der Waals surface area (Å²) in [6.45, 7) is 4.86. The smallest absolute Gasteiger partial charge is 0.0465 e. The average molecular weight is 225 g/mol. The van der Waals surface area contributed by atoms with E-state index in [0.717, 1.165) is 6.42 Å². The van der Waals surface area contributed by atoms with Gasteiger partial charge in [0.2, 0.25) is 0 Å². The summed E-state index contributed by atoms with van der Waals surface area (Å²) in [4.78, 5) is 3.97. The Balaban J connectivity index is 2.15. The maximum Gasteiger partial charge on any atom is 0.0465 e. The van der Waals surface area contributed by atoms with Crippen molar-refractivity contribution in [2.75, 3.05) is 19.7 Å². The lowest BCUT2D eigenvalue weighted by molar-refractivity contribution is 0.187. The van der Waals surface area contributed by atoms with Gasteiger partial charge in [0.05, 0.1) is 0 Å². The van der Waals surface area contributed by atoms with Crippen molar-refractivity contribution in [1.82, 2.24) is 4.90 Å². The number of aryl methyl sites for hydroxylation is 1. The van der Waals surface area contributed by atoms with Crippen LogP contribution in [0.3, 0.4) is 0 Å². The second-order valence-electron chi connectivity index (χ2n) is 4.24.